The second-order valence-corrected chi connectivity index (χ2v) is 7.90. The quantitative estimate of drug-likeness (QED) is 0.532. The Balaban J connectivity index is 1.71. The zero-order chi connectivity index (χ0) is 20.4. The van der Waals surface area contributed by atoms with Crippen LogP contribution in [0.1, 0.15) is 32.3 Å². The van der Waals surface area contributed by atoms with Crippen LogP contribution in [-0.4, -0.2) is 31.0 Å². The number of ether oxygens (including phenoxy) is 1. The fourth-order valence-electron chi connectivity index (χ4n) is 3.96. The van der Waals surface area contributed by atoms with Crippen molar-refractivity contribution in [2.24, 2.45) is 5.92 Å². The molecule has 2 heterocycles. The molecule has 0 aliphatic carbocycles. The van der Waals surface area contributed by atoms with Gasteiger partial charge in [0.2, 0.25) is 5.91 Å². The zero-order valence-corrected chi connectivity index (χ0v) is 17.3. The molecule has 0 radical (unpaired) electrons. The Morgan fingerprint density at radius 3 is 2.59 bits per heavy atom. The van der Waals surface area contributed by atoms with Gasteiger partial charge in [0.25, 0.3) is 0 Å². The summed E-state index contributed by atoms with van der Waals surface area (Å²) in [4.78, 5) is 14.7. The maximum Gasteiger partial charge on any atom is 0.246 e. The van der Waals surface area contributed by atoms with E-state index in [1.165, 1.54) is 0 Å². The topological polar surface area (TPSA) is 42.7 Å². The predicted molar refractivity (Wildman–Crippen MR) is 117 cm³/mol. The van der Waals surface area contributed by atoms with E-state index in [4.69, 9.17) is 9.15 Å². The molecule has 1 aromatic heterocycles. The molecule has 0 bridgehead atoms. The normalized spacial score (nSPS) is 15.7. The Bertz CT molecular complexity index is 1040. The second-order valence-electron chi connectivity index (χ2n) is 7.90. The summed E-state index contributed by atoms with van der Waals surface area (Å²) >= 11 is 0. The molecule has 0 N–H and O–H groups in total. The van der Waals surface area contributed by atoms with Crippen LogP contribution < -0.4 is 4.74 Å². The third-order valence-electron chi connectivity index (χ3n) is 5.84. The first-order valence-electron chi connectivity index (χ1n) is 10.2. The second kappa shape index (κ2) is 8.16. The summed E-state index contributed by atoms with van der Waals surface area (Å²) in [6, 6.07) is 14.1. The minimum atomic E-state index is 0.0760. The highest BCUT2D eigenvalue weighted by Gasteiger charge is 2.20. The Morgan fingerprint density at radius 2 is 1.90 bits per heavy atom. The average molecular weight is 389 g/mol. The van der Waals surface area contributed by atoms with E-state index in [0.29, 0.717) is 11.7 Å². The van der Waals surface area contributed by atoms with Gasteiger partial charge in [0.1, 0.15) is 11.3 Å². The number of hydrogen-bond acceptors (Lipinski definition) is 3. The molecule has 4 heteroatoms. The third-order valence-corrected chi connectivity index (χ3v) is 5.84. The fourth-order valence-corrected chi connectivity index (χ4v) is 3.96. The van der Waals surface area contributed by atoms with Crippen LogP contribution in [0.4, 0.5) is 0 Å². The molecule has 3 aromatic rings. The van der Waals surface area contributed by atoms with Crippen molar-refractivity contribution in [3.63, 3.8) is 0 Å². The number of piperidine rings is 1. The van der Waals surface area contributed by atoms with Gasteiger partial charge in [-0.2, -0.15) is 0 Å². The van der Waals surface area contributed by atoms with E-state index in [-0.39, 0.29) is 5.91 Å². The molecule has 150 valence electrons. The summed E-state index contributed by atoms with van der Waals surface area (Å²) in [5.74, 6) is 1.48. The van der Waals surface area contributed by atoms with Crippen LogP contribution in [0.15, 0.2) is 59.2 Å². The molecular weight excluding hydrogens is 362 g/mol. The molecule has 4 rings (SSSR count). The molecular formula is C25H27NO3. The largest absolute Gasteiger partial charge is 0.496 e. The summed E-state index contributed by atoms with van der Waals surface area (Å²) in [7, 11) is 1.65. The standard InChI is InChI=1S/C25H27NO3/c1-17-9-11-26(12-10-17)25(27)13-18(2)20-14-21-22(19-7-5-4-6-8-19)16-29-24(21)15-23(20)28-3/h4-8,13-17H,9-12H2,1-3H3/b18-13+. The van der Waals surface area contributed by atoms with E-state index >= 15 is 0 Å². The van der Waals surface area contributed by atoms with Crippen molar-refractivity contribution < 1.29 is 13.9 Å². The van der Waals surface area contributed by atoms with Crippen LogP contribution in [0.5, 0.6) is 5.75 Å². The highest BCUT2D eigenvalue weighted by molar-refractivity contribution is 6.00. The van der Waals surface area contributed by atoms with Crippen molar-refractivity contribution in [2.45, 2.75) is 26.7 Å². The lowest BCUT2D eigenvalue weighted by Crippen LogP contribution is -2.36. The predicted octanol–water partition coefficient (Wildman–Crippen LogP) is 5.77. The number of furan rings is 1. The van der Waals surface area contributed by atoms with Gasteiger partial charge in [-0.15, -0.1) is 0 Å². The Hall–Kier alpha value is -3.01. The van der Waals surface area contributed by atoms with E-state index < -0.39 is 0 Å². The lowest BCUT2D eigenvalue weighted by atomic mass is 9.98. The molecule has 1 aliphatic rings. The lowest BCUT2D eigenvalue weighted by Gasteiger charge is -2.29. The number of carbonyl (C=O) groups is 1. The minimum absolute atomic E-state index is 0.0760. The van der Waals surface area contributed by atoms with E-state index in [1.807, 2.05) is 36.1 Å². The zero-order valence-electron chi connectivity index (χ0n) is 17.3. The molecule has 0 unspecified atom stereocenters. The van der Waals surface area contributed by atoms with Gasteiger partial charge in [0, 0.05) is 41.7 Å². The number of nitrogens with zero attached hydrogens (tertiary/aromatic N) is 1. The number of carbonyl (C=O) groups excluding carboxylic acids is 1. The SMILES string of the molecule is COc1cc2occ(-c3ccccc3)c2cc1/C(C)=C/C(=O)N1CCC(C)CC1. The first kappa shape index (κ1) is 19.3. The van der Waals surface area contributed by atoms with Gasteiger partial charge in [0.05, 0.1) is 13.4 Å². The van der Waals surface area contributed by atoms with Gasteiger partial charge < -0.3 is 14.1 Å². The molecule has 2 aromatic carbocycles. The number of likely N-dealkylation sites (tertiary alicyclic amines) is 1. The maximum absolute atomic E-state index is 12.8. The molecule has 29 heavy (non-hydrogen) atoms. The van der Waals surface area contributed by atoms with E-state index in [9.17, 15) is 4.79 Å². The smallest absolute Gasteiger partial charge is 0.246 e. The van der Waals surface area contributed by atoms with Crippen LogP contribution in [0.25, 0.3) is 27.7 Å². The maximum atomic E-state index is 12.8. The Kier molecular flexibility index (Phi) is 5.43. The van der Waals surface area contributed by atoms with Crippen molar-refractivity contribution >= 4 is 22.4 Å². The number of rotatable bonds is 4. The van der Waals surface area contributed by atoms with Crippen LogP contribution in [-0.2, 0) is 4.79 Å². The molecule has 0 saturated carbocycles. The van der Waals surface area contributed by atoms with Gasteiger partial charge in [0.15, 0.2) is 0 Å². The van der Waals surface area contributed by atoms with Gasteiger partial charge >= 0.3 is 0 Å². The summed E-state index contributed by atoms with van der Waals surface area (Å²) in [5.41, 5.74) is 4.72. The van der Waals surface area contributed by atoms with E-state index in [1.54, 1.807) is 19.4 Å². The molecule has 4 nitrogen and oxygen atoms in total. The number of fused-ring (bicyclic) bond motifs is 1. The van der Waals surface area contributed by atoms with Crippen molar-refractivity contribution in [1.29, 1.82) is 0 Å². The first-order chi connectivity index (χ1) is 14.1. The third kappa shape index (κ3) is 3.93. The highest BCUT2D eigenvalue weighted by atomic mass is 16.5. The van der Waals surface area contributed by atoms with Crippen LogP contribution in [0, 0.1) is 5.92 Å². The summed E-state index contributed by atoms with van der Waals surface area (Å²) < 4.78 is 11.4. The summed E-state index contributed by atoms with van der Waals surface area (Å²) in [6.07, 6.45) is 5.66. The molecule has 1 amide bonds. The number of benzene rings is 2. The van der Waals surface area contributed by atoms with Gasteiger partial charge in [-0.05, 0) is 42.9 Å². The van der Waals surface area contributed by atoms with Crippen molar-refractivity contribution in [3.8, 4) is 16.9 Å². The molecule has 0 spiro atoms. The summed E-state index contributed by atoms with van der Waals surface area (Å²) in [6.45, 7) is 5.88. The molecule has 0 atom stereocenters. The minimum Gasteiger partial charge on any atom is -0.496 e. The van der Waals surface area contributed by atoms with E-state index in [2.05, 4.69) is 25.1 Å². The van der Waals surface area contributed by atoms with Gasteiger partial charge in [-0.1, -0.05) is 37.3 Å². The molecule has 1 saturated heterocycles. The monoisotopic (exact) mass is 389 g/mol. The average Bonchev–Trinajstić information content (AvgIpc) is 3.16. The van der Waals surface area contributed by atoms with Crippen molar-refractivity contribution in [2.75, 3.05) is 20.2 Å². The Labute approximate surface area is 171 Å². The molecule has 1 aliphatic heterocycles. The Morgan fingerprint density at radius 1 is 1.17 bits per heavy atom. The first-order valence-corrected chi connectivity index (χ1v) is 10.2. The van der Waals surface area contributed by atoms with Crippen molar-refractivity contribution in [1.82, 2.24) is 4.90 Å². The van der Waals surface area contributed by atoms with E-state index in [0.717, 1.165) is 59.2 Å². The highest BCUT2D eigenvalue weighted by Crippen LogP contribution is 2.37. The number of amides is 1. The van der Waals surface area contributed by atoms with Crippen LogP contribution in [0.3, 0.4) is 0 Å². The van der Waals surface area contributed by atoms with Gasteiger partial charge in [-0.3, -0.25) is 4.79 Å². The fraction of sp³-hybridized carbons (Fsp3) is 0.320. The van der Waals surface area contributed by atoms with Crippen molar-refractivity contribution in [3.05, 3.63) is 60.4 Å². The van der Waals surface area contributed by atoms with Crippen LogP contribution in [0.2, 0.25) is 0 Å². The van der Waals surface area contributed by atoms with Crippen LogP contribution >= 0.6 is 0 Å². The number of hydrogen-bond donors (Lipinski definition) is 0. The summed E-state index contributed by atoms with van der Waals surface area (Å²) in [5, 5.41) is 1.01. The van der Waals surface area contributed by atoms with Gasteiger partial charge in [-0.25, -0.2) is 0 Å². The number of methoxy groups -OCH3 is 1. The lowest BCUT2D eigenvalue weighted by molar-refractivity contribution is -0.127. The number of allylic oxidation sites excluding steroid dienone is 1. The molecule has 1 fully saturated rings.